The van der Waals surface area contributed by atoms with Crippen LogP contribution in [-0.2, 0) is 19.2 Å². The van der Waals surface area contributed by atoms with Crippen LogP contribution in [0, 0.1) is 47.3 Å². The lowest BCUT2D eigenvalue weighted by molar-refractivity contribution is -0.166. The molecule has 0 radical (unpaired) electrons. The smallest absolute Gasteiger partial charge is 0.238 e. The normalized spacial score (nSPS) is 37.1. The van der Waals surface area contributed by atoms with Crippen molar-refractivity contribution in [3.05, 3.63) is 60.7 Å². The van der Waals surface area contributed by atoms with Gasteiger partial charge in [-0.15, -0.1) is 0 Å². The summed E-state index contributed by atoms with van der Waals surface area (Å²) >= 11 is 0. The van der Waals surface area contributed by atoms with E-state index in [1.54, 1.807) is 24.3 Å². The molecule has 170 valence electrons. The monoisotopic (exact) mass is 456 g/mol. The predicted octanol–water partition coefficient (Wildman–Crippen LogP) is 2.07. The Hall–Kier alpha value is -3.94. The van der Waals surface area contributed by atoms with Crippen molar-refractivity contribution in [3.8, 4) is 11.5 Å². The van der Waals surface area contributed by atoms with Crippen molar-refractivity contribution in [3.63, 3.8) is 0 Å². The third-order valence-corrected chi connectivity index (χ3v) is 8.56. The summed E-state index contributed by atoms with van der Waals surface area (Å²) in [6.45, 7) is 0. The van der Waals surface area contributed by atoms with Gasteiger partial charge < -0.3 is 10.2 Å². The zero-order chi connectivity index (χ0) is 23.5. The summed E-state index contributed by atoms with van der Waals surface area (Å²) in [6, 6.07) is 11.9. The summed E-state index contributed by atoms with van der Waals surface area (Å²) < 4.78 is 0. The number of hydrogen-bond donors (Lipinski definition) is 2. The van der Waals surface area contributed by atoms with Crippen LogP contribution >= 0.6 is 0 Å². The van der Waals surface area contributed by atoms with E-state index in [1.165, 1.54) is 34.1 Å². The van der Waals surface area contributed by atoms with Crippen molar-refractivity contribution in [1.82, 2.24) is 0 Å². The Morgan fingerprint density at radius 1 is 0.500 bits per heavy atom. The molecule has 4 fully saturated rings. The minimum absolute atomic E-state index is 0.0445. The number of amides is 4. The van der Waals surface area contributed by atoms with E-state index in [0.29, 0.717) is 11.4 Å². The number of benzene rings is 2. The molecule has 2 N–H and O–H groups in total. The lowest BCUT2D eigenvalue weighted by Crippen LogP contribution is -2.63. The highest BCUT2D eigenvalue weighted by atomic mass is 16.3. The maximum absolute atomic E-state index is 13.5. The molecule has 0 aromatic heterocycles. The Kier molecular flexibility index (Phi) is 3.64. The van der Waals surface area contributed by atoms with Crippen molar-refractivity contribution < 1.29 is 29.4 Å². The van der Waals surface area contributed by atoms with E-state index in [4.69, 9.17) is 0 Å². The van der Waals surface area contributed by atoms with Crippen molar-refractivity contribution in [1.29, 1.82) is 0 Å². The third kappa shape index (κ3) is 2.18. The van der Waals surface area contributed by atoms with Gasteiger partial charge in [0.25, 0.3) is 0 Å². The van der Waals surface area contributed by atoms with Gasteiger partial charge in [0.15, 0.2) is 0 Å². The first kappa shape index (κ1) is 19.5. The number of aromatic hydroxyl groups is 2. The molecule has 8 nitrogen and oxygen atoms in total. The molecule has 0 unspecified atom stereocenters. The van der Waals surface area contributed by atoms with Gasteiger partial charge in [0.1, 0.15) is 11.5 Å². The van der Waals surface area contributed by atoms with Crippen LogP contribution < -0.4 is 9.80 Å². The molecule has 2 aromatic rings. The van der Waals surface area contributed by atoms with Crippen LogP contribution in [0.5, 0.6) is 11.5 Å². The van der Waals surface area contributed by atoms with Gasteiger partial charge in [-0.1, -0.05) is 12.2 Å². The van der Waals surface area contributed by atoms with Crippen molar-refractivity contribution in [2.75, 3.05) is 9.80 Å². The van der Waals surface area contributed by atoms with E-state index < -0.39 is 23.7 Å². The molecule has 2 bridgehead atoms. The van der Waals surface area contributed by atoms with Crippen LogP contribution in [0.15, 0.2) is 60.7 Å². The number of hydrogen-bond acceptors (Lipinski definition) is 6. The van der Waals surface area contributed by atoms with Gasteiger partial charge in [0.2, 0.25) is 23.6 Å². The Bertz CT molecular complexity index is 1260. The number of nitrogens with zero attached hydrogens (tertiary/aromatic N) is 2. The Morgan fingerprint density at radius 3 is 1.18 bits per heavy atom. The highest BCUT2D eigenvalue weighted by Gasteiger charge is 2.75. The summed E-state index contributed by atoms with van der Waals surface area (Å²) in [4.78, 5) is 56.1. The standard InChI is InChI=1S/C26H20N2O6/c29-13-5-1-11(2-6-13)27-23(31)19-15-9-10-16(20(19)24(27)32)18-17(15)21-22(18)26(34)28(25(21)33)12-3-7-14(30)8-4-12/h1-10,15-22,29-30H/t15-,16+,17-,18-,19+,20-,21-,22-/m1/s1. The molecule has 2 heterocycles. The van der Waals surface area contributed by atoms with Gasteiger partial charge in [-0.05, 0) is 72.2 Å². The van der Waals surface area contributed by atoms with Crippen molar-refractivity contribution in [2.45, 2.75) is 0 Å². The fraction of sp³-hybridized carbons (Fsp3) is 0.308. The average Bonchev–Trinajstić information content (AvgIpc) is 3.19. The summed E-state index contributed by atoms with van der Waals surface area (Å²) in [6.07, 6.45) is 3.94. The number of allylic oxidation sites excluding steroid dienone is 2. The third-order valence-electron chi connectivity index (χ3n) is 8.56. The highest BCUT2D eigenvalue weighted by Crippen LogP contribution is 2.68. The maximum Gasteiger partial charge on any atom is 0.238 e. The Morgan fingerprint density at radius 2 is 0.824 bits per heavy atom. The average molecular weight is 456 g/mol. The van der Waals surface area contributed by atoms with Crippen molar-refractivity contribution in [2.24, 2.45) is 47.3 Å². The van der Waals surface area contributed by atoms with Crippen molar-refractivity contribution >= 4 is 35.0 Å². The molecule has 2 aliphatic heterocycles. The van der Waals surface area contributed by atoms with E-state index in [0.717, 1.165) is 0 Å². The maximum atomic E-state index is 13.5. The second kappa shape index (κ2) is 6.34. The van der Waals surface area contributed by atoms with E-state index in [-0.39, 0.29) is 58.8 Å². The largest absolute Gasteiger partial charge is 0.508 e. The number of anilines is 2. The first-order chi connectivity index (χ1) is 16.4. The lowest BCUT2D eigenvalue weighted by Gasteiger charge is -2.60. The predicted molar refractivity (Wildman–Crippen MR) is 118 cm³/mol. The molecule has 2 saturated heterocycles. The van der Waals surface area contributed by atoms with Gasteiger partial charge in [-0.25, -0.2) is 0 Å². The molecule has 4 aliphatic carbocycles. The van der Waals surface area contributed by atoms with Gasteiger partial charge >= 0.3 is 0 Å². The van der Waals surface area contributed by atoms with Crippen LogP contribution in [0.1, 0.15) is 0 Å². The SMILES string of the molecule is O=C1[C@@H]2[C@H]3C=C[C@@H]([C@@H]2C(=O)N1c1ccc(O)cc1)[C@H]1[C@H]2C(=O)N(c4ccc(O)cc4)C(=O)[C@@H]2[C@H]31. The van der Waals surface area contributed by atoms with E-state index in [9.17, 15) is 29.4 Å². The number of rotatable bonds is 2. The summed E-state index contributed by atoms with van der Waals surface area (Å²) in [7, 11) is 0. The fourth-order valence-corrected chi connectivity index (χ4v) is 7.31. The highest BCUT2D eigenvalue weighted by molar-refractivity contribution is 6.25. The molecule has 0 spiro atoms. The Balaban J connectivity index is 1.25. The zero-order valence-corrected chi connectivity index (χ0v) is 17.8. The van der Waals surface area contributed by atoms with Crippen LogP contribution in [-0.4, -0.2) is 33.8 Å². The molecule has 8 rings (SSSR count). The molecule has 2 aromatic carbocycles. The van der Waals surface area contributed by atoms with E-state index in [2.05, 4.69) is 0 Å². The molecular formula is C26H20N2O6. The topological polar surface area (TPSA) is 115 Å². The molecule has 8 atom stereocenters. The summed E-state index contributed by atoms with van der Waals surface area (Å²) in [5.74, 6) is -4.01. The van der Waals surface area contributed by atoms with Crippen LogP contribution in [0.25, 0.3) is 0 Å². The number of carbonyl (C=O) groups is 4. The lowest BCUT2D eigenvalue weighted by atomic mass is 9.40. The second-order valence-corrected chi connectivity index (χ2v) is 9.85. The molecule has 4 amide bonds. The Labute approximate surface area is 194 Å². The number of phenols is 2. The molecule has 34 heavy (non-hydrogen) atoms. The summed E-state index contributed by atoms with van der Waals surface area (Å²) in [5.41, 5.74) is 0.838. The number of imide groups is 2. The van der Waals surface area contributed by atoms with E-state index in [1.807, 2.05) is 12.2 Å². The van der Waals surface area contributed by atoms with Gasteiger partial charge in [-0.3, -0.25) is 29.0 Å². The fourth-order valence-electron chi connectivity index (χ4n) is 7.31. The zero-order valence-electron chi connectivity index (χ0n) is 17.8. The van der Waals surface area contributed by atoms with E-state index >= 15 is 0 Å². The number of fused-ring (bicyclic) bond motifs is 1. The first-order valence-electron chi connectivity index (χ1n) is 11.4. The molecule has 6 aliphatic rings. The number of phenolic OH excluding ortho intramolecular Hbond substituents is 2. The minimum atomic E-state index is -0.552. The molecule has 2 saturated carbocycles. The quantitative estimate of drug-likeness (QED) is 0.528. The second-order valence-electron chi connectivity index (χ2n) is 9.85. The molecule has 8 heteroatoms. The van der Waals surface area contributed by atoms with Gasteiger partial charge in [-0.2, -0.15) is 0 Å². The first-order valence-corrected chi connectivity index (χ1v) is 11.4. The molecular weight excluding hydrogens is 436 g/mol. The summed E-state index contributed by atoms with van der Waals surface area (Å²) in [5, 5.41) is 19.2. The number of carbonyl (C=O) groups excluding carboxylic acids is 4. The van der Waals surface area contributed by atoms with Gasteiger partial charge in [0.05, 0.1) is 35.0 Å². The van der Waals surface area contributed by atoms with Crippen LogP contribution in [0.3, 0.4) is 0 Å². The van der Waals surface area contributed by atoms with Crippen LogP contribution in [0.2, 0.25) is 0 Å². The van der Waals surface area contributed by atoms with Gasteiger partial charge in [0, 0.05) is 0 Å². The minimum Gasteiger partial charge on any atom is -0.508 e. The van der Waals surface area contributed by atoms with Crippen LogP contribution in [0.4, 0.5) is 11.4 Å².